The van der Waals surface area contributed by atoms with Crippen molar-refractivity contribution in [2.24, 2.45) is 0 Å². The molecule has 0 atom stereocenters. The number of ether oxygens (including phenoxy) is 1. The van der Waals surface area contributed by atoms with Crippen LogP contribution in [0.4, 0.5) is 0 Å². The smallest absolute Gasteiger partial charge is 0.221 e. The second-order valence-electron chi connectivity index (χ2n) is 7.07. The first-order chi connectivity index (χ1) is 15.7. The lowest BCUT2D eigenvalue weighted by Gasteiger charge is -2.10. The van der Waals surface area contributed by atoms with Crippen molar-refractivity contribution in [3.05, 3.63) is 90.5 Å². The highest BCUT2D eigenvalue weighted by Gasteiger charge is 2.16. The van der Waals surface area contributed by atoms with Crippen molar-refractivity contribution < 1.29 is 9.53 Å². The van der Waals surface area contributed by atoms with Crippen molar-refractivity contribution in [2.45, 2.75) is 18.1 Å². The Hall–Kier alpha value is -3.58. The highest BCUT2D eigenvalue weighted by molar-refractivity contribution is 7.99. The molecule has 0 aliphatic rings. The molecular weight excluding hydrogens is 420 g/mol. The van der Waals surface area contributed by atoms with Crippen molar-refractivity contribution >= 4 is 17.7 Å². The second kappa shape index (κ2) is 10.6. The third-order valence-corrected chi connectivity index (χ3v) is 5.82. The summed E-state index contributed by atoms with van der Waals surface area (Å²) in [6, 6.07) is 27.7. The van der Waals surface area contributed by atoms with Crippen molar-refractivity contribution in [1.29, 1.82) is 0 Å². The Balaban J connectivity index is 1.39. The zero-order valence-electron chi connectivity index (χ0n) is 17.8. The predicted octanol–water partition coefficient (Wildman–Crippen LogP) is 4.74. The SMILES string of the molecule is COc1ccc(CNC(=O)CCSc2nnc(-c3ccccc3)n2-c2ccccc2)cc1. The minimum atomic E-state index is 0.00220. The summed E-state index contributed by atoms with van der Waals surface area (Å²) in [5.41, 5.74) is 3.01. The van der Waals surface area contributed by atoms with Gasteiger partial charge in [-0.05, 0) is 29.8 Å². The van der Waals surface area contributed by atoms with E-state index in [1.54, 1.807) is 7.11 Å². The molecule has 1 N–H and O–H groups in total. The molecule has 3 aromatic carbocycles. The lowest BCUT2D eigenvalue weighted by molar-refractivity contribution is -0.120. The fourth-order valence-electron chi connectivity index (χ4n) is 3.21. The summed E-state index contributed by atoms with van der Waals surface area (Å²) in [5.74, 6) is 2.19. The van der Waals surface area contributed by atoms with Gasteiger partial charge in [-0.3, -0.25) is 9.36 Å². The van der Waals surface area contributed by atoms with Crippen molar-refractivity contribution in [3.8, 4) is 22.8 Å². The van der Waals surface area contributed by atoms with E-state index in [1.165, 1.54) is 11.8 Å². The molecule has 0 saturated heterocycles. The van der Waals surface area contributed by atoms with E-state index in [2.05, 4.69) is 15.5 Å². The molecule has 0 spiro atoms. The number of para-hydroxylation sites is 1. The zero-order valence-corrected chi connectivity index (χ0v) is 18.6. The van der Waals surface area contributed by atoms with E-state index in [-0.39, 0.29) is 5.91 Å². The Morgan fingerprint density at radius 1 is 0.938 bits per heavy atom. The molecule has 0 bridgehead atoms. The monoisotopic (exact) mass is 444 g/mol. The molecule has 1 amide bonds. The third kappa shape index (κ3) is 5.36. The Morgan fingerprint density at radius 2 is 1.62 bits per heavy atom. The average molecular weight is 445 g/mol. The molecule has 4 aromatic rings. The van der Waals surface area contributed by atoms with Gasteiger partial charge in [0, 0.05) is 30.0 Å². The van der Waals surface area contributed by atoms with Crippen LogP contribution in [0.15, 0.2) is 90.1 Å². The number of amides is 1. The molecule has 0 aliphatic heterocycles. The van der Waals surface area contributed by atoms with Gasteiger partial charge in [-0.1, -0.05) is 72.4 Å². The van der Waals surface area contributed by atoms with E-state index in [9.17, 15) is 4.79 Å². The number of aromatic nitrogens is 3. The van der Waals surface area contributed by atoms with Gasteiger partial charge < -0.3 is 10.1 Å². The van der Waals surface area contributed by atoms with Crippen LogP contribution in [0.1, 0.15) is 12.0 Å². The second-order valence-corrected chi connectivity index (χ2v) is 8.13. The molecule has 1 heterocycles. The number of benzene rings is 3. The van der Waals surface area contributed by atoms with Crippen LogP contribution < -0.4 is 10.1 Å². The molecule has 6 nitrogen and oxygen atoms in total. The topological polar surface area (TPSA) is 69.0 Å². The van der Waals surface area contributed by atoms with Crippen LogP contribution in [0.25, 0.3) is 17.1 Å². The van der Waals surface area contributed by atoms with Crippen LogP contribution in [0.2, 0.25) is 0 Å². The molecule has 0 aliphatic carbocycles. The van der Waals surface area contributed by atoms with Crippen LogP contribution in [-0.4, -0.2) is 33.5 Å². The standard InChI is InChI=1S/C25H24N4O2S/c1-31-22-14-12-19(13-15-22)18-26-23(30)16-17-32-25-28-27-24(20-8-4-2-5-9-20)29(25)21-10-6-3-7-11-21/h2-15H,16-18H2,1H3,(H,26,30). The molecule has 0 saturated carbocycles. The van der Waals surface area contributed by atoms with Crippen molar-refractivity contribution in [2.75, 3.05) is 12.9 Å². The maximum atomic E-state index is 12.3. The fourth-order valence-corrected chi connectivity index (χ4v) is 4.10. The summed E-state index contributed by atoms with van der Waals surface area (Å²) in [5, 5.41) is 12.6. The number of rotatable bonds is 9. The Labute approximate surface area is 191 Å². The van der Waals surface area contributed by atoms with Gasteiger partial charge in [0.25, 0.3) is 0 Å². The molecule has 1 aromatic heterocycles. The number of hydrogen-bond donors (Lipinski definition) is 1. The first kappa shape index (κ1) is 21.6. The van der Waals surface area contributed by atoms with E-state index < -0.39 is 0 Å². The van der Waals surface area contributed by atoms with Gasteiger partial charge in [0.2, 0.25) is 5.91 Å². The summed E-state index contributed by atoms with van der Waals surface area (Å²) >= 11 is 1.52. The molecule has 0 radical (unpaired) electrons. The van der Waals surface area contributed by atoms with Gasteiger partial charge in [-0.25, -0.2) is 0 Å². The van der Waals surface area contributed by atoms with Gasteiger partial charge in [0.15, 0.2) is 11.0 Å². The van der Waals surface area contributed by atoms with Crippen molar-refractivity contribution in [1.82, 2.24) is 20.1 Å². The summed E-state index contributed by atoms with van der Waals surface area (Å²) in [7, 11) is 1.63. The maximum Gasteiger partial charge on any atom is 0.221 e. The van der Waals surface area contributed by atoms with Crippen LogP contribution in [0.3, 0.4) is 0 Å². The van der Waals surface area contributed by atoms with Gasteiger partial charge in [-0.15, -0.1) is 10.2 Å². The summed E-state index contributed by atoms with van der Waals surface area (Å²) < 4.78 is 7.20. The lowest BCUT2D eigenvalue weighted by Crippen LogP contribution is -2.23. The largest absolute Gasteiger partial charge is 0.497 e. The maximum absolute atomic E-state index is 12.3. The van der Waals surface area contributed by atoms with Crippen molar-refractivity contribution in [3.63, 3.8) is 0 Å². The number of methoxy groups -OCH3 is 1. The van der Waals surface area contributed by atoms with Crippen LogP contribution in [-0.2, 0) is 11.3 Å². The molecule has 0 unspecified atom stereocenters. The minimum Gasteiger partial charge on any atom is -0.497 e. The molecule has 162 valence electrons. The van der Waals surface area contributed by atoms with Gasteiger partial charge in [0.1, 0.15) is 5.75 Å². The first-order valence-electron chi connectivity index (χ1n) is 10.3. The van der Waals surface area contributed by atoms with Gasteiger partial charge >= 0.3 is 0 Å². The predicted molar refractivity (Wildman–Crippen MR) is 127 cm³/mol. The number of carbonyl (C=O) groups is 1. The Bertz CT molecular complexity index is 1150. The molecule has 0 fully saturated rings. The lowest BCUT2D eigenvalue weighted by atomic mass is 10.2. The summed E-state index contributed by atoms with van der Waals surface area (Å²) in [4.78, 5) is 12.3. The van der Waals surface area contributed by atoms with E-state index in [1.807, 2.05) is 89.5 Å². The summed E-state index contributed by atoms with van der Waals surface area (Å²) in [6.07, 6.45) is 0.392. The van der Waals surface area contributed by atoms with Gasteiger partial charge in [0.05, 0.1) is 7.11 Å². The highest BCUT2D eigenvalue weighted by Crippen LogP contribution is 2.28. The minimum absolute atomic E-state index is 0.00220. The zero-order chi connectivity index (χ0) is 22.2. The fraction of sp³-hybridized carbons (Fsp3) is 0.160. The van der Waals surface area contributed by atoms with Gasteiger partial charge in [-0.2, -0.15) is 0 Å². The molecule has 7 heteroatoms. The number of thioether (sulfide) groups is 1. The van der Waals surface area contributed by atoms with E-state index in [4.69, 9.17) is 4.74 Å². The van der Waals surface area contributed by atoms with E-state index in [0.717, 1.165) is 33.5 Å². The average Bonchev–Trinajstić information content (AvgIpc) is 3.28. The third-order valence-electron chi connectivity index (χ3n) is 4.89. The van der Waals surface area contributed by atoms with E-state index in [0.29, 0.717) is 18.7 Å². The number of hydrogen-bond acceptors (Lipinski definition) is 5. The number of carbonyl (C=O) groups excluding carboxylic acids is 1. The number of nitrogens with zero attached hydrogens (tertiary/aromatic N) is 3. The molecule has 32 heavy (non-hydrogen) atoms. The normalized spacial score (nSPS) is 10.7. The van der Waals surface area contributed by atoms with Crippen LogP contribution in [0.5, 0.6) is 5.75 Å². The Kier molecular flexibility index (Phi) is 7.19. The van der Waals surface area contributed by atoms with E-state index >= 15 is 0 Å². The quantitative estimate of drug-likeness (QED) is 0.378. The van der Waals surface area contributed by atoms with Crippen LogP contribution >= 0.6 is 11.8 Å². The molecule has 4 rings (SSSR count). The number of nitrogens with one attached hydrogen (secondary N) is 1. The summed E-state index contributed by atoms with van der Waals surface area (Å²) in [6.45, 7) is 0.492. The van der Waals surface area contributed by atoms with Crippen LogP contribution in [0, 0.1) is 0 Å². The molecular formula is C25H24N4O2S. The highest BCUT2D eigenvalue weighted by atomic mass is 32.2. The Morgan fingerprint density at radius 3 is 2.31 bits per heavy atom. The first-order valence-corrected chi connectivity index (χ1v) is 11.3.